The van der Waals surface area contributed by atoms with E-state index in [1.165, 1.54) is 0 Å². The fourth-order valence-corrected chi connectivity index (χ4v) is 2.59. The summed E-state index contributed by atoms with van der Waals surface area (Å²) in [5.41, 5.74) is 6.74. The van der Waals surface area contributed by atoms with Gasteiger partial charge in [-0.15, -0.1) is 0 Å². The van der Waals surface area contributed by atoms with Gasteiger partial charge < -0.3 is 11.1 Å². The lowest BCUT2D eigenvalue weighted by atomic mass is 9.90. The van der Waals surface area contributed by atoms with Crippen molar-refractivity contribution in [2.24, 2.45) is 11.7 Å². The van der Waals surface area contributed by atoms with E-state index >= 15 is 0 Å². The Labute approximate surface area is 131 Å². The largest absolute Gasteiger partial charge is 0.344 e. The van der Waals surface area contributed by atoms with Gasteiger partial charge in [0.2, 0.25) is 0 Å². The summed E-state index contributed by atoms with van der Waals surface area (Å²) in [4.78, 5) is 12.4. The van der Waals surface area contributed by atoms with Crippen LogP contribution < -0.4 is 11.1 Å². The van der Waals surface area contributed by atoms with E-state index < -0.39 is 5.54 Å². The summed E-state index contributed by atoms with van der Waals surface area (Å²) in [6.07, 6.45) is 2.61. The Hall–Kier alpha value is -2.14. The van der Waals surface area contributed by atoms with Gasteiger partial charge in [0.1, 0.15) is 0 Å². The van der Waals surface area contributed by atoms with E-state index in [-0.39, 0.29) is 5.91 Å². The molecular weight excluding hydrogens is 276 g/mol. The standard InChI is InChI=1S/C17H24N4O/c1-13(2)11-17(3,12-18)19-16(22)15-9-10-21(20-15)14-7-5-4-6-8-14/h4-10,13H,11-12,18H2,1-3H3,(H,19,22). The highest BCUT2D eigenvalue weighted by Gasteiger charge is 2.27. The van der Waals surface area contributed by atoms with Crippen LogP contribution in [-0.2, 0) is 0 Å². The molecule has 118 valence electrons. The Morgan fingerprint density at radius 3 is 2.59 bits per heavy atom. The van der Waals surface area contributed by atoms with E-state index in [0.717, 1.165) is 12.1 Å². The number of amides is 1. The summed E-state index contributed by atoms with van der Waals surface area (Å²) in [5.74, 6) is 0.263. The second kappa shape index (κ2) is 6.75. The van der Waals surface area contributed by atoms with Crippen LogP contribution in [0.2, 0.25) is 0 Å². The molecule has 2 aromatic rings. The van der Waals surface area contributed by atoms with Crippen molar-refractivity contribution in [1.29, 1.82) is 0 Å². The maximum Gasteiger partial charge on any atom is 0.272 e. The molecule has 5 heteroatoms. The molecule has 0 saturated heterocycles. The van der Waals surface area contributed by atoms with Gasteiger partial charge in [-0.25, -0.2) is 4.68 Å². The zero-order valence-electron chi connectivity index (χ0n) is 13.4. The summed E-state index contributed by atoms with van der Waals surface area (Å²) in [7, 11) is 0. The SMILES string of the molecule is CC(C)CC(C)(CN)NC(=O)c1ccn(-c2ccccc2)n1. The number of nitrogens with one attached hydrogen (secondary N) is 1. The maximum atomic E-state index is 12.4. The van der Waals surface area contributed by atoms with E-state index in [2.05, 4.69) is 24.3 Å². The van der Waals surface area contributed by atoms with Crippen LogP contribution in [0.1, 0.15) is 37.7 Å². The lowest BCUT2D eigenvalue weighted by Gasteiger charge is -2.30. The predicted molar refractivity (Wildman–Crippen MR) is 87.9 cm³/mol. The highest BCUT2D eigenvalue weighted by molar-refractivity contribution is 5.92. The average Bonchev–Trinajstić information content (AvgIpc) is 2.97. The van der Waals surface area contributed by atoms with Crippen molar-refractivity contribution < 1.29 is 4.79 Å². The maximum absolute atomic E-state index is 12.4. The lowest BCUT2D eigenvalue weighted by Crippen LogP contribution is -2.52. The molecule has 1 heterocycles. The van der Waals surface area contributed by atoms with Crippen LogP contribution >= 0.6 is 0 Å². The average molecular weight is 300 g/mol. The van der Waals surface area contributed by atoms with Crippen LogP contribution in [0.4, 0.5) is 0 Å². The Bertz CT molecular complexity index is 621. The van der Waals surface area contributed by atoms with Gasteiger partial charge in [-0.1, -0.05) is 32.0 Å². The van der Waals surface area contributed by atoms with Crippen molar-refractivity contribution in [3.05, 3.63) is 48.3 Å². The van der Waals surface area contributed by atoms with Gasteiger partial charge in [-0.2, -0.15) is 5.10 Å². The highest BCUT2D eigenvalue weighted by atomic mass is 16.2. The molecule has 1 aromatic heterocycles. The smallest absolute Gasteiger partial charge is 0.272 e. The minimum absolute atomic E-state index is 0.191. The number of nitrogens with zero attached hydrogens (tertiary/aromatic N) is 2. The molecule has 5 nitrogen and oxygen atoms in total. The Morgan fingerprint density at radius 2 is 2.00 bits per heavy atom. The molecule has 0 aliphatic rings. The molecule has 0 radical (unpaired) electrons. The number of hydrogen-bond donors (Lipinski definition) is 2. The predicted octanol–water partition coefficient (Wildman–Crippen LogP) is 2.37. The monoisotopic (exact) mass is 300 g/mol. The number of hydrogen-bond acceptors (Lipinski definition) is 3. The summed E-state index contributed by atoms with van der Waals surface area (Å²) in [5, 5.41) is 7.36. The number of rotatable bonds is 6. The Morgan fingerprint density at radius 1 is 1.32 bits per heavy atom. The molecule has 0 aliphatic heterocycles. The van der Waals surface area contributed by atoms with Crippen molar-refractivity contribution in [3.63, 3.8) is 0 Å². The third kappa shape index (κ3) is 3.95. The first-order valence-electron chi connectivity index (χ1n) is 7.57. The fraction of sp³-hybridized carbons (Fsp3) is 0.412. The van der Waals surface area contributed by atoms with Crippen molar-refractivity contribution in [1.82, 2.24) is 15.1 Å². The molecule has 2 rings (SSSR count). The lowest BCUT2D eigenvalue weighted by molar-refractivity contribution is 0.0892. The summed E-state index contributed by atoms with van der Waals surface area (Å²) >= 11 is 0. The second-order valence-corrected chi connectivity index (χ2v) is 6.30. The van der Waals surface area contributed by atoms with Crippen molar-refractivity contribution in [2.75, 3.05) is 6.54 Å². The van der Waals surface area contributed by atoms with Gasteiger partial charge in [-0.3, -0.25) is 4.79 Å². The molecule has 1 unspecified atom stereocenters. The first-order chi connectivity index (χ1) is 10.4. The van der Waals surface area contributed by atoms with Crippen LogP contribution in [0.15, 0.2) is 42.6 Å². The molecule has 3 N–H and O–H groups in total. The van der Waals surface area contributed by atoms with Crippen molar-refractivity contribution in [2.45, 2.75) is 32.7 Å². The summed E-state index contributed by atoms with van der Waals surface area (Å²) < 4.78 is 1.69. The molecule has 0 fully saturated rings. The van der Waals surface area contributed by atoms with Gasteiger partial charge in [0, 0.05) is 12.7 Å². The minimum Gasteiger partial charge on any atom is -0.344 e. The van der Waals surface area contributed by atoms with Gasteiger partial charge in [0.25, 0.3) is 5.91 Å². The van der Waals surface area contributed by atoms with Crippen LogP contribution in [0.5, 0.6) is 0 Å². The number of nitrogens with two attached hydrogens (primary N) is 1. The molecule has 1 atom stereocenters. The quantitative estimate of drug-likeness (QED) is 0.860. The molecule has 22 heavy (non-hydrogen) atoms. The number of benzene rings is 1. The topological polar surface area (TPSA) is 72.9 Å². The molecular formula is C17H24N4O. The van der Waals surface area contributed by atoms with Gasteiger partial charge in [0.05, 0.1) is 11.2 Å². The first-order valence-corrected chi connectivity index (χ1v) is 7.57. The van der Waals surface area contributed by atoms with Crippen LogP contribution in [-0.4, -0.2) is 27.8 Å². The number of carbonyl (C=O) groups excluding carboxylic acids is 1. The highest BCUT2D eigenvalue weighted by Crippen LogP contribution is 2.16. The van der Waals surface area contributed by atoms with Gasteiger partial charge in [-0.05, 0) is 37.5 Å². The molecule has 1 aromatic carbocycles. The van der Waals surface area contributed by atoms with E-state index in [4.69, 9.17) is 5.73 Å². The summed E-state index contributed by atoms with van der Waals surface area (Å²) in [6.45, 7) is 6.60. The number of aromatic nitrogens is 2. The molecule has 0 spiro atoms. The zero-order chi connectivity index (χ0) is 16.2. The minimum atomic E-state index is -0.415. The van der Waals surface area contributed by atoms with Gasteiger partial charge >= 0.3 is 0 Å². The fourth-order valence-electron chi connectivity index (χ4n) is 2.59. The Kier molecular flexibility index (Phi) is 4.98. The third-order valence-corrected chi connectivity index (χ3v) is 3.57. The van der Waals surface area contributed by atoms with Crippen LogP contribution in [0.3, 0.4) is 0 Å². The number of para-hydroxylation sites is 1. The van der Waals surface area contributed by atoms with Gasteiger partial charge in [0.15, 0.2) is 5.69 Å². The van der Waals surface area contributed by atoms with Crippen LogP contribution in [0.25, 0.3) is 5.69 Å². The molecule has 1 amide bonds. The molecule has 0 aliphatic carbocycles. The molecule has 0 bridgehead atoms. The zero-order valence-corrected chi connectivity index (χ0v) is 13.4. The van der Waals surface area contributed by atoms with E-state index in [1.807, 2.05) is 37.3 Å². The first kappa shape index (κ1) is 16.2. The van der Waals surface area contributed by atoms with Crippen molar-refractivity contribution >= 4 is 5.91 Å². The van der Waals surface area contributed by atoms with Crippen LogP contribution in [0, 0.1) is 5.92 Å². The summed E-state index contributed by atoms with van der Waals surface area (Å²) in [6, 6.07) is 11.4. The normalized spacial score (nSPS) is 13.9. The van der Waals surface area contributed by atoms with Crippen molar-refractivity contribution in [3.8, 4) is 5.69 Å². The number of carbonyl (C=O) groups is 1. The second-order valence-electron chi connectivity index (χ2n) is 6.30. The van der Waals surface area contributed by atoms with E-state index in [1.54, 1.807) is 16.9 Å². The Balaban J connectivity index is 2.12. The van der Waals surface area contributed by atoms with E-state index in [9.17, 15) is 4.79 Å². The third-order valence-electron chi connectivity index (χ3n) is 3.57. The van der Waals surface area contributed by atoms with E-state index in [0.29, 0.717) is 18.2 Å². The molecule has 0 saturated carbocycles.